The average Bonchev–Trinajstić information content (AvgIpc) is 3.19. The Labute approximate surface area is 181 Å². The van der Waals surface area contributed by atoms with Crippen LogP contribution in [0.2, 0.25) is 0 Å². The Morgan fingerprint density at radius 1 is 0.966 bits per heavy atom. The van der Waals surface area contributed by atoms with Crippen LogP contribution in [0.5, 0.6) is 23.0 Å². The monoisotopic (exact) mass is 469 g/mol. The molecule has 1 aliphatic rings. The van der Waals surface area contributed by atoms with Crippen molar-refractivity contribution < 1.29 is 14.2 Å². The molecule has 0 aliphatic carbocycles. The minimum absolute atomic E-state index is 0.239. The predicted octanol–water partition coefficient (Wildman–Crippen LogP) is 5.29. The summed E-state index contributed by atoms with van der Waals surface area (Å²) in [4.78, 5) is 0. The molecular formula is C21H16BrN3O3S. The van der Waals surface area contributed by atoms with E-state index in [1.807, 2.05) is 60.7 Å². The summed E-state index contributed by atoms with van der Waals surface area (Å²) in [5.41, 5.74) is 4.58. The predicted molar refractivity (Wildman–Crippen MR) is 120 cm³/mol. The van der Waals surface area contributed by atoms with Gasteiger partial charge in [-0.2, -0.15) is 5.10 Å². The van der Waals surface area contributed by atoms with Gasteiger partial charge in [0.2, 0.25) is 6.79 Å². The molecule has 0 saturated carbocycles. The third-order valence-electron chi connectivity index (χ3n) is 3.94. The Morgan fingerprint density at radius 3 is 2.48 bits per heavy atom. The fourth-order valence-electron chi connectivity index (χ4n) is 2.56. The maximum atomic E-state index is 5.85. The Bertz CT molecular complexity index is 1040. The first-order valence-corrected chi connectivity index (χ1v) is 9.89. The van der Waals surface area contributed by atoms with Crippen molar-refractivity contribution in [1.82, 2.24) is 5.43 Å². The summed E-state index contributed by atoms with van der Waals surface area (Å²) in [5.74, 6) is 2.80. The van der Waals surface area contributed by atoms with Crippen molar-refractivity contribution in [2.24, 2.45) is 5.10 Å². The number of benzene rings is 3. The number of ether oxygens (including phenoxy) is 3. The van der Waals surface area contributed by atoms with Gasteiger partial charge in [-0.3, -0.25) is 5.43 Å². The molecule has 1 aliphatic heterocycles. The summed E-state index contributed by atoms with van der Waals surface area (Å²) in [6.07, 6.45) is 1.68. The lowest BCUT2D eigenvalue weighted by molar-refractivity contribution is 0.174. The largest absolute Gasteiger partial charge is 0.457 e. The molecule has 0 aromatic heterocycles. The molecule has 0 atom stereocenters. The standard InChI is InChI=1S/C21H16BrN3O3S/c22-15-3-5-16(6-4-15)24-21(29)25-23-12-14-1-7-17(8-2-14)28-18-9-10-19-20(11-18)27-13-26-19/h1-12H,13H2,(H2,24,25,29)/b23-12+. The van der Waals surface area contributed by atoms with Gasteiger partial charge in [0, 0.05) is 16.2 Å². The average molecular weight is 470 g/mol. The van der Waals surface area contributed by atoms with E-state index in [1.54, 1.807) is 12.3 Å². The lowest BCUT2D eigenvalue weighted by Crippen LogP contribution is -2.23. The van der Waals surface area contributed by atoms with Crippen LogP contribution in [0.25, 0.3) is 0 Å². The van der Waals surface area contributed by atoms with E-state index in [0.29, 0.717) is 22.4 Å². The topological polar surface area (TPSA) is 64.1 Å². The second kappa shape index (κ2) is 8.93. The van der Waals surface area contributed by atoms with Gasteiger partial charge in [0.1, 0.15) is 11.5 Å². The fourth-order valence-corrected chi connectivity index (χ4v) is 2.99. The van der Waals surface area contributed by atoms with E-state index in [0.717, 1.165) is 21.5 Å². The summed E-state index contributed by atoms with van der Waals surface area (Å²) in [5, 5.41) is 7.61. The summed E-state index contributed by atoms with van der Waals surface area (Å²) in [6.45, 7) is 0.239. The van der Waals surface area contributed by atoms with Crippen molar-refractivity contribution in [3.8, 4) is 23.0 Å². The molecule has 0 spiro atoms. The van der Waals surface area contributed by atoms with Crippen LogP contribution in [-0.2, 0) is 0 Å². The second-order valence-electron chi connectivity index (χ2n) is 6.02. The second-order valence-corrected chi connectivity index (χ2v) is 7.34. The third kappa shape index (κ3) is 5.24. The molecule has 0 fully saturated rings. The molecule has 3 aromatic rings. The van der Waals surface area contributed by atoms with Crippen molar-refractivity contribution in [2.45, 2.75) is 0 Å². The molecular weight excluding hydrogens is 454 g/mol. The molecule has 146 valence electrons. The van der Waals surface area contributed by atoms with E-state index < -0.39 is 0 Å². The van der Waals surface area contributed by atoms with Crippen molar-refractivity contribution >= 4 is 45.2 Å². The molecule has 1 heterocycles. The number of halogens is 1. The van der Waals surface area contributed by atoms with Gasteiger partial charge in [-0.25, -0.2) is 0 Å². The Balaban J connectivity index is 1.29. The van der Waals surface area contributed by atoms with Crippen molar-refractivity contribution in [2.75, 3.05) is 12.1 Å². The van der Waals surface area contributed by atoms with E-state index in [-0.39, 0.29) is 6.79 Å². The number of rotatable bonds is 5. The lowest BCUT2D eigenvalue weighted by atomic mass is 10.2. The molecule has 2 N–H and O–H groups in total. The first-order valence-electron chi connectivity index (χ1n) is 8.69. The maximum Gasteiger partial charge on any atom is 0.231 e. The number of thiocarbonyl (C=S) groups is 1. The highest BCUT2D eigenvalue weighted by Gasteiger charge is 2.13. The highest BCUT2D eigenvalue weighted by atomic mass is 79.9. The van der Waals surface area contributed by atoms with Crippen molar-refractivity contribution in [3.05, 3.63) is 76.8 Å². The molecule has 29 heavy (non-hydrogen) atoms. The molecule has 0 amide bonds. The number of fused-ring (bicyclic) bond motifs is 1. The zero-order valence-corrected chi connectivity index (χ0v) is 17.5. The van der Waals surface area contributed by atoms with E-state index in [1.165, 1.54) is 0 Å². The number of hydrogen-bond donors (Lipinski definition) is 2. The first-order chi connectivity index (χ1) is 14.2. The highest BCUT2D eigenvalue weighted by Crippen LogP contribution is 2.36. The van der Waals surface area contributed by atoms with Crippen LogP contribution in [0.4, 0.5) is 5.69 Å². The van der Waals surface area contributed by atoms with Crippen LogP contribution in [0.3, 0.4) is 0 Å². The zero-order chi connectivity index (χ0) is 20.1. The minimum atomic E-state index is 0.239. The van der Waals surface area contributed by atoms with E-state index >= 15 is 0 Å². The van der Waals surface area contributed by atoms with E-state index in [4.69, 9.17) is 26.4 Å². The van der Waals surface area contributed by atoms with Crippen LogP contribution < -0.4 is 25.0 Å². The Kier molecular flexibility index (Phi) is 5.92. The van der Waals surface area contributed by atoms with Crippen molar-refractivity contribution in [3.63, 3.8) is 0 Å². The smallest absolute Gasteiger partial charge is 0.231 e. The molecule has 0 unspecified atom stereocenters. The number of hydrogen-bond acceptors (Lipinski definition) is 5. The SMILES string of the molecule is S=C(N/N=C/c1ccc(Oc2ccc3c(c2)OCO3)cc1)Nc1ccc(Br)cc1. The molecule has 0 saturated heterocycles. The van der Waals surface area contributed by atoms with Crippen molar-refractivity contribution in [1.29, 1.82) is 0 Å². The van der Waals surface area contributed by atoms with Crippen LogP contribution in [0.15, 0.2) is 76.3 Å². The zero-order valence-electron chi connectivity index (χ0n) is 15.1. The number of nitrogens with zero attached hydrogens (tertiary/aromatic N) is 1. The molecule has 0 bridgehead atoms. The van der Waals surface area contributed by atoms with Gasteiger partial charge < -0.3 is 19.5 Å². The number of nitrogens with one attached hydrogen (secondary N) is 2. The van der Waals surface area contributed by atoms with Crippen LogP contribution >= 0.6 is 28.1 Å². The molecule has 6 nitrogen and oxygen atoms in total. The maximum absolute atomic E-state index is 5.85. The Morgan fingerprint density at radius 2 is 1.69 bits per heavy atom. The fraction of sp³-hybridized carbons (Fsp3) is 0.0476. The highest BCUT2D eigenvalue weighted by molar-refractivity contribution is 9.10. The van der Waals surface area contributed by atoms with Gasteiger partial charge in [0.15, 0.2) is 16.6 Å². The molecule has 8 heteroatoms. The van der Waals surface area contributed by atoms with Gasteiger partial charge in [0.05, 0.1) is 6.21 Å². The van der Waals surface area contributed by atoms with Gasteiger partial charge in [-0.15, -0.1) is 0 Å². The number of hydrazone groups is 1. The van der Waals surface area contributed by atoms with Gasteiger partial charge in [-0.05, 0) is 78.4 Å². The van der Waals surface area contributed by atoms with Crippen LogP contribution in [0, 0.1) is 0 Å². The summed E-state index contributed by atoms with van der Waals surface area (Å²) in [7, 11) is 0. The van der Waals surface area contributed by atoms with Gasteiger partial charge in [0.25, 0.3) is 0 Å². The first kappa shape index (κ1) is 19.2. The molecule has 3 aromatic carbocycles. The van der Waals surface area contributed by atoms with E-state index in [9.17, 15) is 0 Å². The van der Waals surface area contributed by atoms with E-state index in [2.05, 4.69) is 31.8 Å². The Hall–Kier alpha value is -3.10. The van der Waals surface area contributed by atoms with Gasteiger partial charge in [-0.1, -0.05) is 15.9 Å². The lowest BCUT2D eigenvalue weighted by Gasteiger charge is -2.07. The molecule has 4 rings (SSSR count). The minimum Gasteiger partial charge on any atom is -0.457 e. The summed E-state index contributed by atoms with van der Waals surface area (Å²) >= 11 is 8.62. The third-order valence-corrected chi connectivity index (χ3v) is 4.66. The normalized spacial score (nSPS) is 12.0. The summed E-state index contributed by atoms with van der Waals surface area (Å²) < 4.78 is 17.5. The van der Waals surface area contributed by atoms with Gasteiger partial charge >= 0.3 is 0 Å². The number of anilines is 1. The quantitative estimate of drug-likeness (QED) is 0.300. The van der Waals surface area contributed by atoms with Crippen LogP contribution in [-0.4, -0.2) is 18.1 Å². The molecule has 0 radical (unpaired) electrons. The summed E-state index contributed by atoms with van der Waals surface area (Å²) in [6, 6.07) is 20.7. The van der Waals surface area contributed by atoms with Crippen LogP contribution in [0.1, 0.15) is 5.56 Å².